The molecule has 0 radical (unpaired) electrons. The van der Waals surface area contributed by atoms with Gasteiger partial charge in [0.25, 0.3) is 0 Å². The van der Waals surface area contributed by atoms with Gasteiger partial charge in [0.1, 0.15) is 5.75 Å². The summed E-state index contributed by atoms with van der Waals surface area (Å²) in [5, 5.41) is 6.11. The highest BCUT2D eigenvalue weighted by atomic mass is 19.4. The van der Waals surface area contributed by atoms with Crippen molar-refractivity contribution in [2.75, 3.05) is 6.61 Å². The zero-order valence-electron chi connectivity index (χ0n) is 8.80. The number of alkyl halides is 3. The van der Waals surface area contributed by atoms with Crippen molar-refractivity contribution in [3.63, 3.8) is 0 Å². The van der Waals surface area contributed by atoms with Crippen molar-refractivity contribution in [3.8, 4) is 5.75 Å². The molecule has 0 spiro atoms. The molecule has 1 aromatic heterocycles. The van der Waals surface area contributed by atoms with E-state index >= 15 is 0 Å². The van der Waals surface area contributed by atoms with E-state index in [1.54, 1.807) is 6.92 Å². The van der Waals surface area contributed by atoms with Crippen molar-refractivity contribution in [2.24, 2.45) is 0 Å². The number of aromatic nitrogens is 2. The first kappa shape index (κ1) is 13.7. The first-order chi connectivity index (χ1) is 7.04. The third-order valence-electron chi connectivity index (χ3n) is 1.23. The fraction of sp³-hybridized carbons (Fsp3) is 0.556. The van der Waals surface area contributed by atoms with Gasteiger partial charge in [-0.3, -0.25) is 0 Å². The van der Waals surface area contributed by atoms with E-state index in [1.165, 1.54) is 0 Å². The standard InChI is InChI=1S/C7H7F3N2O.C2H6/c1-2-13-5-3-6(7(8,9)10)12-11-4-5;1-2/h3-4H,2H2,1H3;1-2H3. The van der Waals surface area contributed by atoms with Gasteiger partial charge >= 0.3 is 6.18 Å². The molecule has 0 aliphatic rings. The second-order valence-electron chi connectivity index (χ2n) is 2.21. The summed E-state index contributed by atoms with van der Waals surface area (Å²) in [7, 11) is 0. The highest BCUT2D eigenvalue weighted by molar-refractivity contribution is 5.20. The van der Waals surface area contributed by atoms with Crippen LogP contribution in [0.4, 0.5) is 13.2 Å². The van der Waals surface area contributed by atoms with Crippen molar-refractivity contribution in [3.05, 3.63) is 18.0 Å². The molecule has 0 saturated carbocycles. The van der Waals surface area contributed by atoms with Crippen molar-refractivity contribution >= 4 is 0 Å². The lowest BCUT2D eigenvalue weighted by atomic mass is 10.4. The van der Waals surface area contributed by atoms with Crippen LogP contribution in [0.25, 0.3) is 0 Å². The SMILES string of the molecule is CC.CCOc1cnnc(C(F)(F)F)c1. The fourth-order valence-electron chi connectivity index (χ4n) is 0.733. The number of hydrogen-bond acceptors (Lipinski definition) is 3. The Bertz CT molecular complexity index is 289. The molecule has 3 nitrogen and oxygen atoms in total. The molecule has 0 aliphatic carbocycles. The highest BCUT2D eigenvalue weighted by Gasteiger charge is 2.33. The van der Waals surface area contributed by atoms with E-state index in [9.17, 15) is 13.2 Å². The van der Waals surface area contributed by atoms with Crippen LogP contribution in [0, 0.1) is 0 Å². The molecule has 1 rings (SSSR count). The zero-order valence-corrected chi connectivity index (χ0v) is 8.80. The van der Waals surface area contributed by atoms with Gasteiger partial charge in [-0.25, -0.2) is 0 Å². The van der Waals surface area contributed by atoms with E-state index in [1.807, 2.05) is 13.8 Å². The Hall–Kier alpha value is -1.33. The molecular formula is C9H13F3N2O. The van der Waals surface area contributed by atoms with Crippen LogP contribution in [-0.4, -0.2) is 16.8 Å². The van der Waals surface area contributed by atoms with E-state index in [0.717, 1.165) is 12.3 Å². The average Bonchev–Trinajstić information content (AvgIpc) is 2.21. The Morgan fingerprint density at radius 1 is 1.33 bits per heavy atom. The van der Waals surface area contributed by atoms with Gasteiger partial charge in [0.2, 0.25) is 0 Å². The normalized spacial score (nSPS) is 10.3. The van der Waals surface area contributed by atoms with E-state index in [2.05, 4.69) is 10.2 Å². The largest absolute Gasteiger partial charge is 0.492 e. The maximum absolute atomic E-state index is 12.1. The monoisotopic (exact) mass is 222 g/mol. The molecule has 0 bridgehead atoms. The molecule has 1 heterocycles. The van der Waals surface area contributed by atoms with Crippen LogP contribution < -0.4 is 4.74 Å². The summed E-state index contributed by atoms with van der Waals surface area (Å²) in [6, 6.07) is 0.816. The Labute approximate surface area is 86.3 Å². The lowest BCUT2D eigenvalue weighted by Gasteiger charge is -2.06. The lowest BCUT2D eigenvalue weighted by Crippen LogP contribution is -2.09. The quantitative estimate of drug-likeness (QED) is 0.771. The van der Waals surface area contributed by atoms with Crippen molar-refractivity contribution < 1.29 is 17.9 Å². The summed E-state index contributed by atoms with van der Waals surface area (Å²) in [5.41, 5.74) is -1.04. The van der Waals surface area contributed by atoms with Crippen LogP contribution in [0.5, 0.6) is 5.75 Å². The summed E-state index contributed by atoms with van der Waals surface area (Å²) < 4.78 is 41.0. The molecule has 0 saturated heterocycles. The minimum Gasteiger partial charge on any atom is -0.492 e. The van der Waals surface area contributed by atoms with Crippen LogP contribution in [0.3, 0.4) is 0 Å². The number of hydrogen-bond donors (Lipinski definition) is 0. The van der Waals surface area contributed by atoms with Crippen LogP contribution in [0.2, 0.25) is 0 Å². The molecule has 6 heteroatoms. The Kier molecular flexibility index (Phi) is 5.66. The topological polar surface area (TPSA) is 35.0 Å². The minimum absolute atomic E-state index is 0.0739. The van der Waals surface area contributed by atoms with E-state index in [4.69, 9.17) is 4.74 Å². The number of ether oxygens (including phenoxy) is 1. The molecule has 0 atom stereocenters. The number of halogens is 3. The number of nitrogens with zero attached hydrogens (tertiary/aromatic N) is 2. The zero-order chi connectivity index (χ0) is 11.9. The maximum atomic E-state index is 12.1. The van der Waals surface area contributed by atoms with Gasteiger partial charge in [-0.2, -0.15) is 18.3 Å². The first-order valence-corrected chi connectivity index (χ1v) is 4.56. The predicted octanol–water partition coefficient (Wildman–Crippen LogP) is 2.92. The Balaban J connectivity index is 0.000000921. The van der Waals surface area contributed by atoms with Crippen molar-refractivity contribution in [1.82, 2.24) is 10.2 Å². The Morgan fingerprint density at radius 3 is 2.40 bits per heavy atom. The summed E-state index contributed by atoms with van der Waals surface area (Å²) in [6.45, 7) is 5.97. The van der Waals surface area contributed by atoms with Crippen LogP contribution in [0.15, 0.2) is 12.3 Å². The summed E-state index contributed by atoms with van der Waals surface area (Å²) in [6.07, 6.45) is -3.33. The molecule has 0 amide bonds. The molecule has 0 N–H and O–H groups in total. The third kappa shape index (κ3) is 4.62. The molecule has 0 unspecified atom stereocenters. The summed E-state index contributed by atoms with van der Waals surface area (Å²) in [4.78, 5) is 0. The smallest absolute Gasteiger partial charge is 0.435 e. The molecule has 0 aromatic carbocycles. The second-order valence-corrected chi connectivity index (χ2v) is 2.21. The summed E-state index contributed by atoms with van der Waals surface area (Å²) in [5.74, 6) is 0.0739. The first-order valence-electron chi connectivity index (χ1n) is 4.56. The van der Waals surface area contributed by atoms with Gasteiger partial charge in [-0.15, -0.1) is 5.10 Å². The lowest BCUT2D eigenvalue weighted by molar-refractivity contribution is -0.141. The molecule has 15 heavy (non-hydrogen) atoms. The summed E-state index contributed by atoms with van der Waals surface area (Å²) >= 11 is 0. The van der Waals surface area contributed by atoms with Gasteiger partial charge in [-0.1, -0.05) is 13.8 Å². The van der Waals surface area contributed by atoms with Crippen molar-refractivity contribution in [2.45, 2.75) is 26.9 Å². The van der Waals surface area contributed by atoms with E-state index in [-0.39, 0.29) is 5.75 Å². The molecule has 86 valence electrons. The Morgan fingerprint density at radius 2 is 1.93 bits per heavy atom. The molecule has 1 aromatic rings. The minimum atomic E-state index is -4.47. The molecule has 0 aliphatic heterocycles. The molecule has 0 fully saturated rings. The molecular weight excluding hydrogens is 209 g/mol. The fourth-order valence-corrected chi connectivity index (χ4v) is 0.733. The second kappa shape index (κ2) is 6.21. The average molecular weight is 222 g/mol. The third-order valence-corrected chi connectivity index (χ3v) is 1.23. The van der Waals surface area contributed by atoms with Crippen LogP contribution in [-0.2, 0) is 6.18 Å². The van der Waals surface area contributed by atoms with E-state index in [0.29, 0.717) is 6.61 Å². The van der Waals surface area contributed by atoms with Gasteiger partial charge in [-0.05, 0) is 6.92 Å². The van der Waals surface area contributed by atoms with Gasteiger partial charge in [0.15, 0.2) is 5.69 Å². The van der Waals surface area contributed by atoms with Gasteiger partial charge < -0.3 is 4.74 Å². The number of rotatable bonds is 2. The van der Waals surface area contributed by atoms with Crippen LogP contribution in [0.1, 0.15) is 26.5 Å². The predicted molar refractivity (Wildman–Crippen MR) is 49.6 cm³/mol. The van der Waals surface area contributed by atoms with Gasteiger partial charge in [0, 0.05) is 6.07 Å². The maximum Gasteiger partial charge on any atom is 0.435 e. The highest BCUT2D eigenvalue weighted by Crippen LogP contribution is 2.28. The van der Waals surface area contributed by atoms with Crippen molar-refractivity contribution in [1.29, 1.82) is 0 Å². The van der Waals surface area contributed by atoms with Crippen LogP contribution >= 0.6 is 0 Å². The van der Waals surface area contributed by atoms with Gasteiger partial charge in [0.05, 0.1) is 12.8 Å². The van der Waals surface area contributed by atoms with E-state index < -0.39 is 11.9 Å².